The Morgan fingerprint density at radius 1 is 1.12 bits per heavy atom. The summed E-state index contributed by atoms with van der Waals surface area (Å²) in [4.78, 5) is 0. The van der Waals surface area contributed by atoms with Crippen molar-refractivity contribution in [2.75, 3.05) is 0 Å². The second-order valence-electron chi connectivity index (χ2n) is 0.473. The van der Waals surface area contributed by atoms with Crippen molar-refractivity contribution in [2.45, 2.75) is 4.30 Å². The molecule has 0 amide bonds. The fraction of sp³-hybridized carbons (Fsp3) is 1.00. The van der Waals surface area contributed by atoms with E-state index in [-0.39, 0.29) is 0 Å². The highest BCUT2D eigenvalue weighted by atomic mass is 35.9. The van der Waals surface area contributed by atoms with E-state index in [9.17, 15) is 0 Å². The first kappa shape index (κ1) is 12.4. The Kier molecular flexibility index (Phi) is 13.4. The molecule has 0 N–H and O–H groups in total. The van der Waals surface area contributed by atoms with Crippen LogP contribution in [0.25, 0.3) is 0 Å². The Labute approximate surface area is 72.6 Å². The van der Waals surface area contributed by atoms with E-state index >= 15 is 0 Å². The summed E-state index contributed by atoms with van der Waals surface area (Å²) in [5, 5.41) is 0. The zero-order valence-electron chi connectivity index (χ0n) is 3.38. The molecule has 0 unspecified atom stereocenters. The first-order chi connectivity index (χ1) is 3.46. The lowest BCUT2D eigenvalue weighted by molar-refractivity contribution is 0.602. The van der Waals surface area contributed by atoms with E-state index in [4.69, 9.17) is 39.4 Å². The highest BCUT2D eigenvalue weighted by molar-refractivity contribution is 7.95. The van der Waals surface area contributed by atoms with Crippen molar-refractivity contribution in [3.8, 4) is 0 Å². The molecule has 8 heavy (non-hydrogen) atoms. The molecule has 52 valence electrons. The van der Waals surface area contributed by atoms with Crippen molar-refractivity contribution in [1.82, 2.24) is 0 Å². The monoisotopic (exact) mass is 236 g/mol. The first-order valence-corrected chi connectivity index (χ1v) is 5.98. The third-order valence-corrected chi connectivity index (χ3v) is 0. The predicted octanol–water partition coefficient (Wildman–Crippen LogP) is 3.84. The van der Waals surface area contributed by atoms with E-state index in [0.717, 1.165) is 0 Å². The third kappa shape index (κ3) is 121. The SMILES string of the molecule is ClC(Cl)Cl.O=[PH](Cl)Cl. The zero-order valence-corrected chi connectivity index (χ0v) is 8.16. The van der Waals surface area contributed by atoms with Crippen molar-refractivity contribution < 1.29 is 4.57 Å². The highest BCUT2D eigenvalue weighted by Crippen LogP contribution is 2.31. The molecule has 0 radical (unpaired) electrons. The van der Waals surface area contributed by atoms with Gasteiger partial charge in [0.15, 0.2) is 4.30 Å². The van der Waals surface area contributed by atoms with Crippen molar-refractivity contribution in [2.24, 2.45) is 0 Å². The van der Waals surface area contributed by atoms with Crippen LogP contribution in [0.15, 0.2) is 0 Å². The number of rotatable bonds is 0. The molecule has 0 saturated carbocycles. The lowest BCUT2D eigenvalue weighted by atomic mass is 11.9. The van der Waals surface area contributed by atoms with E-state index in [2.05, 4.69) is 22.5 Å². The molecule has 0 fully saturated rings. The molecule has 7 heteroatoms. The van der Waals surface area contributed by atoms with Crippen molar-refractivity contribution in [3.05, 3.63) is 0 Å². The lowest BCUT2D eigenvalue weighted by Gasteiger charge is -1.69. The second-order valence-corrected chi connectivity index (χ2v) is 5.54. The summed E-state index contributed by atoms with van der Waals surface area (Å²) in [6.45, 7) is -2.19. The summed E-state index contributed by atoms with van der Waals surface area (Å²) >= 11 is 23.6. The number of hydrogen-bond acceptors (Lipinski definition) is 1. The van der Waals surface area contributed by atoms with E-state index in [1.54, 1.807) is 0 Å². The van der Waals surface area contributed by atoms with Gasteiger partial charge >= 0.3 is 0 Å². The maximum absolute atomic E-state index is 9.16. The standard InChI is InChI=1S/CHCl3.Cl2HOP/c2-1(3)4;1-4(2)3/h1H;4H. The van der Waals surface area contributed by atoms with Crippen LogP contribution >= 0.6 is 63.8 Å². The molecule has 0 aliphatic carbocycles. The molecule has 0 atom stereocenters. The molecule has 0 spiro atoms. The number of halogens is 5. The van der Waals surface area contributed by atoms with Gasteiger partial charge in [-0.15, -0.1) is 0 Å². The van der Waals surface area contributed by atoms with Crippen molar-refractivity contribution in [1.29, 1.82) is 0 Å². The Bertz CT molecular complexity index is 56.7. The third-order valence-electron chi connectivity index (χ3n) is 0. The molecule has 0 aliphatic heterocycles. The molecule has 0 heterocycles. The Morgan fingerprint density at radius 2 is 1.12 bits per heavy atom. The quantitative estimate of drug-likeness (QED) is 0.463. The number of alkyl halides is 3. The average molecular weight is 238 g/mol. The molecule has 0 aromatic heterocycles. The fourth-order valence-electron chi connectivity index (χ4n) is 0. The van der Waals surface area contributed by atoms with Gasteiger partial charge in [0, 0.05) is 0 Å². The summed E-state index contributed by atoms with van der Waals surface area (Å²) in [5.41, 5.74) is 0. The molecular formula is CH2Cl5OP. The summed E-state index contributed by atoms with van der Waals surface area (Å²) in [6.07, 6.45) is 0. The topological polar surface area (TPSA) is 17.1 Å². The van der Waals surface area contributed by atoms with Gasteiger partial charge in [-0.3, -0.25) is 4.57 Å². The van der Waals surface area contributed by atoms with Gasteiger partial charge in [-0.05, 0) is 22.5 Å². The van der Waals surface area contributed by atoms with Crippen LogP contribution in [0, 0.1) is 0 Å². The summed E-state index contributed by atoms with van der Waals surface area (Å²) < 4.78 is 8.41. The number of hydrogen-bond donors (Lipinski definition) is 0. The van der Waals surface area contributed by atoms with E-state index in [1.165, 1.54) is 0 Å². The van der Waals surface area contributed by atoms with E-state index in [0.29, 0.717) is 0 Å². The van der Waals surface area contributed by atoms with E-state index < -0.39 is 10.8 Å². The van der Waals surface area contributed by atoms with Crippen LogP contribution in [0.3, 0.4) is 0 Å². The molecule has 0 saturated heterocycles. The minimum absolute atomic E-state index is 0.750. The van der Waals surface area contributed by atoms with Gasteiger partial charge in [0.2, 0.25) is 6.51 Å². The highest BCUT2D eigenvalue weighted by Gasteiger charge is 1.78. The van der Waals surface area contributed by atoms with Crippen LogP contribution in [0.5, 0.6) is 0 Å². The van der Waals surface area contributed by atoms with Gasteiger partial charge in [-0.2, -0.15) is 0 Å². The van der Waals surface area contributed by atoms with Crippen molar-refractivity contribution in [3.63, 3.8) is 0 Å². The Balaban J connectivity index is 0. The first-order valence-electron chi connectivity index (χ1n) is 1.24. The lowest BCUT2D eigenvalue weighted by Crippen LogP contribution is -1.55. The van der Waals surface area contributed by atoms with Crippen LogP contribution in [0.4, 0.5) is 0 Å². The molecular weight excluding hydrogens is 236 g/mol. The van der Waals surface area contributed by atoms with Crippen LogP contribution in [0.1, 0.15) is 0 Å². The predicted molar refractivity (Wildman–Crippen MR) is 42.1 cm³/mol. The molecule has 0 aliphatic rings. The fourth-order valence-corrected chi connectivity index (χ4v) is 0. The normalized spacial score (nSPS) is 8.88. The average Bonchev–Trinajstić information content (AvgIpc) is 1.25. The van der Waals surface area contributed by atoms with Gasteiger partial charge < -0.3 is 0 Å². The minimum atomic E-state index is -2.19. The molecule has 0 aromatic rings. The van der Waals surface area contributed by atoms with Gasteiger partial charge in [0.05, 0.1) is 0 Å². The van der Waals surface area contributed by atoms with E-state index in [1.807, 2.05) is 0 Å². The maximum Gasteiger partial charge on any atom is 0.241 e. The minimum Gasteiger partial charge on any atom is -0.293 e. The van der Waals surface area contributed by atoms with Gasteiger partial charge in [-0.25, -0.2) is 0 Å². The Morgan fingerprint density at radius 3 is 1.12 bits per heavy atom. The second kappa shape index (κ2) is 8.68. The van der Waals surface area contributed by atoms with Crippen LogP contribution in [-0.2, 0) is 4.57 Å². The molecule has 0 bridgehead atoms. The van der Waals surface area contributed by atoms with Crippen LogP contribution in [-0.4, -0.2) is 4.30 Å². The summed E-state index contributed by atoms with van der Waals surface area (Å²) in [5.74, 6) is 0. The van der Waals surface area contributed by atoms with Crippen LogP contribution < -0.4 is 0 Å². The smallest absolute Gasteiger partial charge is 0.241 e. The van der Waals surface area contributed by atoms with Gasteiger partial charge in [0.1, 0.15) is 0 Å². The summed E-state index contributed by atoms with van der Waals surface area (Å²) in [6, 6.07) is 0. The zero-order chi connectivity index (χ0) is 7.15. The molecule has 0 rings (SSSR count). The summed E-state index contributed by atoms with van der Waals surface area (Å²) in [7, 11) is 0. The molecule has 0 aromatic carbocycles. The largest absolute Gasteiger partial charge is 0.293 e. The Hall–Kier alpha value is 1.68. The van der Waals surface area contributed by atoms with Crippen LogP contribution in [0.2, 0.25) is 0 Å². The van der Waals surface area contributed by atoms with Crippen molar-refractivity contribution >= 4 is 63.8 Å². The molecule has 1 nitrogen and oxygen atoms in total. The van der Waals surface area contributed by atoms with Gasteiger partial charge in [-0.1, -0.05) is 34.8 Å². The van der Waals surface area contributed by atoms with Gasteiger partial charge in [0.25, 0.3) is 0 Å². The maximum atomic E-state index is 9.16.